The minimum absolute atomic E-state index is 0.107. The maximum Gasteiger partial charge on any atom is 0.106 e. The first-order chi connectivity index (χ1) is 9.87. The highest BCUT2D eigenvalue weighted by Gasteiger charge is 2.27. The van der Waals surface area contributed by atoms with E-state index < -0.39 is 0 Å². The molecule has 0 heterocycles. The summed E-state index contributed by atoms with van der Waals surface area (Å²) in [7, 11) is 0. The van der Waals surface area contributed by atoms with Crippen molar-refractivity contribution in [2.45, 2.75) is 39.2 Å². The Balaban J connectivity index is 0.00000106. The summed E-state index contributed by atoms with van der Waals surface area (Å²) in [6, 6.07) is 5.87. The Labute approximate surface area is 132 Å². The Kier molecular flexibility index (Phi) is 6.43. The van der Waals surface area contributed by atoms with Gasteiger partial charge in [0.05, 0.1) is 22.9 Å². The number of benzene rings is 1. The van der Waals surface area contributed by atoms with E-state index >= 15 is 0 Å². The zero-order valence-electron chi connectivity index (χ0n) is 13.0. The van der Waals surface area contributed by atoms with Crippen LogP contribution in [0.4, 0.5) is 5.69 Å². The quantitative estimate of drug-likeness (QED) is 0.841. The standard InChI is InChI=1S/C16H22ClNO.CH2O/c1-16(2,3)19-9-8-13(11-4-5-11)12-6-7-14(17)15(18)10-12;1-2/h6-8,10-11H,4-5,9,18H2,1-3H3;1H2/b13-8+;. The number of anilines is 1. The van der Waals surface area contributed by atoms with E-state index in [9.17, 15) is 0 Å². The highest BCUT2D eigenvalue weighted by atomic mass is 35.5. The van der Waals surface area contributed by atoms with Crippen LogP contribution < -0.4 is 5.73 Å². The molecule has 1 aliphatic carbocycles. The topological polar surface area (TPSA) is 52.3 Å². The van der Waals surface area contributed by atoms with Crippen LogP contribution in [0.5, 0.6) is 0 Å². The van der Waals surface area contributed by atoms with Gasteiger partial charge in [-0.2, -0.15) is 0 Å². The first-order valence-electron chi connectivity index (χ1n) is 7.05. The van der Waals surface area contributed by atoms with E-state index in [1.54, 1.807) is 0 Å². The fourth-order valence-corrected chi connectivity index (χ4v) is 2.14. The molecule has 0 amide bonds. The van der Waals surface area contributed by atoms with Gasteiger partial charge in [0, 0.05) is 0 Å². The van der Waals surface area contributed by atoms with E-state index in [0.717, 1.165) is 0 Å². The monoisotopic (exact) mass is 309 g/mol. The third-order valence-electron chi connectivity index (χ3n) is 3.17. The lowest BCUT2D eigenvalue weighted by molar-refractivity contribution is -0.0979. The molecule has 2 rings (SSSR count). The van der Waals surface area contributed by atoms with Gasteiger partial charge in [-0.25, -0.2) is 0 Å². The molecular formula is C17H24ClNO2. The number of ether oxygens (including phenoxy) is 1. The molecule has 0 spiro atoms. The minimum atomic E-state index is -0.107. The average molecular weight is 310 g/mol. The van der Waals surface area contributed by atoms with Crippen molar-refractivity contribution in [3.63, 3.8) is 0 Å². The van der Waals surface area contributed by atoms with Gasteiger partial charge in [-0.1, -0.05) is 23.7 Å². The second-order valence-corrected chi connectivity index (χ2v) is 6.50. The van der Waals surface area contributed by atoms with E-state index in [2.05, 4.69) is 26.8 Å². The summed E-state index contributed by atoms with van der Waals surface area (Å²) in [5.41, 5.74) is 8.93. The zero-order chi connectivity index (χ0) is 16.0. The summed E-state index contributed by atoms with van der Waals surface area (Å²) in [5.74, 6) is 0.657. The van der Waals surface area contributed by atoms with Crippen LogP contribution in [0.1, 0.15) is 39.2 Å². The number of halogens is 1. The van der Waals surface area contributed by atoms with Crippen LogP contribution in [0.2, 0.25) is 5.02 Å². The molecule has 0 radical (unpaired) electrons. The molecule has 21 heavy (non-hydrogen) atoms. The summed E-state index contributed by atoms with van der Waals surface area (Å²) in [6.07, 6.45) is 4.69. The van der Waals surface area contributed by atoms with E-state index in [4.69, 9.17) is 26.9 Å². The molecule has 116 valence electrons. The maximum absolute atomic E-state index is 8.00. The Hall–Kier alpha value is -1.32. The predicted octanol–water partition coefficient (Wildman–Crippen LogP) is 4.35. The molecule has 4 heteroatoms. The fraction of sp³-hybridized carbons (Fsp3) is 0.471. The van der Waals surface area contributed by atoms with Crippen LogP contribution in [0, 0.1) is 5.92 Å². The number of rotatable bonds is 4. The van der Waals surface area contributed by atoms with Gasteiger partial charge < -0.3 is 15.3 Å². The van der Waals surface area contributed by atoms with Gasteiger partial charge in [0.1, 0.15) is 6.79 Å². The Morgan fingerprint density at radius 1 is 1.43 bits per heavy atom. The lowest BCUT2D eigenvalue weighted by Gasteiger charge is -2.19. The van der Waals surface area contributed by atoms with Crippen molar-refractivity contribution in [3.05, 3.63) is 34.9 Å². The van der Waals surface area contributed by atoms with Crippen molar-refractivity contribution >= 4 is 29.7 Å². The molecule has 1 aliphatic rings. The van der Waals surface area contributed by atoms with Crippen molar-refractivity contribution in [2.24, 2.45) is 5.92 Å². The van der Waals surface area contributed by atoms with Gasteiger partial charge in [0.15, 0.2) is 0 Å². The van der Waals surface area contributed by atoms with Crippen LogP contribution in [0.3, 0.4) is 0 Å². The lowest BCUT2D eigenvalue weighted by atomic mass is 10.0. The van der Waals surface area contributed by atoms with E-state index in [0.29, 0.717) is 23.2 Å². The Bertz CT molecular complexity index is 502. The molecule has 2 N–H and O–H groups in total. The molecule has 0 bridgehead atoms. The first-order valence-corrected chi connectivity index (χ1v) is 7.43. The van der Waals surface area contributed by atoms with Crippen molar-refractivity contribution < 1.29 is 9.53 Å². The van der Waals surface area contributed by atoms with Gasteiger partial charge in [-0.3, -0.25) is 0 Å². The van der Waals surface area contributed by atoms with Crippen LogP contribution in [-0.4, -0.2) is 19.0 Å². The number of hydrogen-bond donors (Lipinski definition) is 1. The molecule has 0 aliphatic heterocycles. The maximum atomic E-state index is 8.00. The van der Waals surface area contributed by atoms with E-state index in [1.165, 1.54) is 24.0 Å². The summed E-state index contributed by atoms with van der Waals surface area (Å²) in [5, 5.41) is 0.616. The third-order valence-corrected chi connectivity index (χ3v) is 3.51. The lowest BCUT2D eigenvalue weighted by Crippen LogP contribution is -2.19. The Morgan fingerprint density at radius 3 is 2.52 bits per heavy atom. The smallest absolute Gasteiger partial charge is 0.106 e. The molecule has 1 aromatic carbocycles. The van der Waals surface area contributed by atoms with Crippen LogP contribution in [0.15, 0.2) is 24.3 Å². The second-order valence-electron chi connectivity index (χ2n) is 6.09. The third kappa shape index (κ3) is 5.90. The molecular weight excluding hydrogens is 286 g/mol. The number of nitrogens with two attached hydrogens (primary N) is 1. The van der Waals surface area contributed by atoms with Gasteiger partial charge in [-0.15, -0.1) is 0 Å². The minimum Gasteiger partial charge on any atom is -0.398 e. The van der Waals surface area contributed by atoms with Crippen molar-refractivity contribution in [2.75, 3.05) is 12.3 Å². The number of nitrogen functional groups attached to an aromatic ring is 1. The molecule has 0 unspecified atom stereocenters. The van der Waals surface area contributed by atoms with Crippen LogP contribution in [-0.2, 0) is 9.53 Å². The summed E-state index contributed by atoms with van der Waals surface area (Å²) in [6.45, 7) is 8.84. The van der Waals surface area contributed by atoms with Crippen LogP contribution >= 0.6 is 11.6 Å². The number of carbonyl (C=O) groups is 1. The molecule has 1 fully saturated rings. The second kappa shape index (κ2) is 7.62. The van der Waals surface area contributed by atoms with Crippen molar-refractivity contribution in [1.82, 2.24) is 0 Å². The van der Waals surface area contributed by atoms with E-state index in [-0.39, 0.29) is 5.60 Å². The summed E-state index contributed by atoms with van der Waals surface area (Å²) < 4.78 is 5.78. The zero-order valence-corrected chi connectivity index (χ0v) is 13.7. The highest BCUT2D eigenvalue weighted by molar-refractivity contribution is 6.33. The summed E-state index contributed by atoms with van der Waals surface area (Å²) in [4.78, 5) is 8.00. The van der Waals surface area contributed by atoms with E-state index in [1.807, 2.05) is 25.0 Å². The highest BCUT2D eigenvalue weighted by Crippen LogP contribution is 2.42. The van der Waals surface area contributed by atoms with Gasteiger partial charge in [-0.05, 0) is 62.8 Å². The number of hydrogen-bond acceptors (Lipinski definition) is 3. The number of allylic oxidation sites excluding steroid dienone is 1. The van der Waals surface area contributed by atoms with Gasteiger partial charge in [0.2, 0.25) is 0 Å². The molecule has 0 atom stereocenters. The molecule has 1 saturated carbocycles. The van der Waals surface area contributed by atoms with Crippen molar-refractivity contribution in [1.29, 1.82) is 0 Å². The average Bonchev–Trinajstić information content (AvgIpc) is 3.24. The molecule has 0 saturated heterocycles. The largest absolute Gasteiger partial charge is 0.398 e. The summed E-state index contributed by atoms with van der Waals surface area (Å²) >= 11 is 5.98. The van der Waals surface area contributed by atoms with Gasteiger partial charge in [0.25, 0.3) is 0 Å². The molecule has 3 nitrogen and oxygen atoms in total. The van der Waals surface area contributed by atoms with Crippen LogP contribution in [0.25, 0.3) is 5.57 Å². The first kappa shape index (κ1) is 17.7. The fourth-order valence-electron chi connectivity index (χ4n) is 2.02. The van der Waals surface area contributed by atoms with Gasteiger partial charge >= 0.3 is 0 Å². The van der Waals surface area contributed by atoms with Crippen molar-refractivity contribution in [3.8, 4) is 0 Å². The Morgan fingerprint density at radius 2 is 2.05 bits per heavy atom. The predicted molar refractivity (Wildman–Crippen MR) is 89.4 cm³/mol. The molecule has 1 aromatic rings. The SMILES string of the molecule is C=O.CC(C)(C)OC/C=C(/c1ccc(Cl)c(N)c1)C1CC1. The number of carbonyl (C=O) groups excluding carboxylic acids is 1. The normalized spacial score (nSPS) is 15.3. The molecule has 0 aromatic heterocycles.